The number of nitrogens with one attached hydrogen (secondary N) is 1. The fourth-order valence-corrected chi connectivity index (χ4v) is 3.78. The van der Waals surface area contributed by atoms with Crippen molar-refractivity contribution < 1.29 is 4.74 Å². The number of benzene rings is 1. The highest BCUT2D eigenvalue weighted by Crippen LogP contribution is 2.35. The minimum Gasteiger partial charge on any atom is -0.377 e. The molecule has 3 aromatic rings. The zero-order valence-electron chi connectivity index (χ0n) is 12.2. The first-order chi connectivity index (χ1) is 10.9. The van der Waals surface area contributed by atoms with Crippen LogP contribution in [0.4, 0.5) is 0 Å². The molecule has 0 atom stereocenters. The van der Waals surface area contributed by atoms with Gasteiger partial charge in [0.1, 0.15) is 10.5 Å². The summed E-state index contributed by atoms with van der Waals surface area (Å²) in [5.74, 6) is 0. The van der Waals surface area contributed by atoms with Gasteiger partial charge in [-0.3, -0.25) is 4.98 Å². The van der Waals surface area contributed by atoms with Crippen molar-refractivity contribution >= 4 is 21.6 Å². The number of hydrogen-bond donors (Lipinski definition) is 1. The minimum atomic E-state index is -0.114. The van der Waals surface area contributed by atoms with E-state index < -0.39 is 0 Å². The van der Waals surface area contributed by atoms with E-state index in [0.717, 1.165) is 23.5 Å². The third-order valence-corrected chi connectivity index (χ3v) is 5.27. The number of thiazole rings is 1. The second-order valence-corrected chi connectivity index (χ2v) is 6.62. The Labute approximate surface area is 133 Å². The molecule has 2 aromatic heterocycles. The van der Waals surface area contributed by atoms with E-state index in [-0.39, 0.29) is 5.54 Å². The average molecular weight is 311 g/mol. The maximum absolute atomic E-state index is 5.49. The molecular formula is C17H17N3OS. The van der Waals surface area contributed by atoms with Crippen LogP contribution in [0.15, 0.2) is 48.8 Å². The second kappa shape index (κ2) is 5.76. The van der Waals surface area contributed by atoms with Crippen LogP contribution in [0.1, 0.15) is 10.6 Å². The van der Waals surface area contributed by atoms with Crippen LogP contribution < -0.4 is 5.32 Å². The zero-order valence-corrected chi connectivity index (χ0v) is 13.0. The Morgan fingerprint density at radius 2 is 1.95 bits per heavy atom. The number of rotatable bonds is 5. The van der Waals surface area contributed by atoms with Crippen molar-refractivity contribution in [2.45, 2.75) is 12.0 Å². The molecule has 0 saturated carbocycles. The summed E-state index contributed by atoms with van der Waals surface area (Å²) >= 11 is 1.76. The molecule has 0 spiro atoms. The smallest absolute Gasteiger partial charge is 0.119 e. The molecule has 0 bridgehead atoms. The molecule has 1 N–H and O–H groups in total. The third-order valence-electron chi connectivity index (χ3n) is 4.03. The van der Waals surface area contributed by atoms with Crippen LogP contribution in [-0.2, 0) is 16.7 Å². The molecule has 1 fully saturated rings. The fourth-order valence-electron chi connectivity index (χ4n) is 2.68. The van der Waals surface area contributed by atoms with Crippen LogP contribution in [0, 0.1) is 0 Å². The van der Waals surface area contributed by atoms with E-state index in [1.54, 1.807) is 11.3 Å². The van der Waals surface area contributed by atoms with Gasteiger partial charge in [-0.05, 0) is 36.2 Å². The molecule has 0 amide bonds. The molecule has 4 rings (SSSR count). The molecule has 1 aromatic carbocycles. The van der Waals surface area contributed by atoms with E-state index >= 15 is 0 Å². The number of pyridine rings is 1. The van der Waals surface area contributed by atoms with Gasteiger partial charge in [0, 0.05) is 18.9 Å². The van der Waals surface area contributed by atoms with Gasteiger partial charge in [-0.15, -0.1) is 11.3 Å². The highest BCUT2D eigenvalue weighted by Gasteiger charge is 2.42. The van der Waals surface area contributed by atoms with E-state index in [4.69, 9.17) is 9.72 Å². The predicted molar refractivity (Wildman–Crippen MR) is 88.1 cm³/mol. The van der Waals surface area contributed by atoms with Crippen LogP contribution in [-0.4, -0.2) is 29.7 Å². The molecular weight excluding hydrogens is 294 g/mol. The number of para-hydroxylation sites is 1. The lowest BCUT2D eigenvalue weighted by Crippen LogP contribution is -2.57. The lowest BCUT2D eigenvalue weighted by molar-refractivity contribution is -0.0781. The van der Waals surface area contributed by atoms with Crippen molar-refractivity contribution in [2.75, 3.05) is 19.8 Å². The van der Waals surface area contributed by atoms with Gasteiger partial charge in [0.05, 0.1) is 23.4 Å². The normalized spacial score (nSPS) is 16.5. The highest BCUT2D eigenvalue weighted by atomic mass is 32.1. The Bertz CT molecular complexity index is 735. The summed E-state index contributed by atoms with van der Waals surface area (Å²) in [6.07, 6.45) is 4.66. The molecule has 0 aliphatic carbocycles. The number of aromatic nitrogens is 2. The van der Waals surface area contributed by atoms with Crippen molar-refractivity contribution in [3.05, 3.63) is 59.4 Å². The second-order valence-electron chi connectivity index (χ2n) is 5.59. The largest absolute Gasteiger partial charge is 0.377 e. The van der Waals surface area contributed by atoms with Crippen molar-refractivity contribution in [2.24, 2.45) is 0 Å². The summed E-state index contributed by atoms with van der Waals surface area (Å²) in [5.41, 5.74) is 2.25. The van der Waals surface area contributed by atoms with Crippen molar-refractivity contribution in [3.8, 4) is 0 Å². The number of ether oxygens (including phenoxy) is 1. The zero-order chi connectivity index (χ0) is 14.8. The first-order valence-corrected chi connectivity index (χ1v) is 8.25. The van der Waals surface area contributed by atoms with Crippen LogP contribution in [0.25, 0.3) is 10.2 Å². The molecule has 112 valence electrons. The van der Waals surface area contributed by atoms with Crippen LogP contribution >= 0.6 is 11.3 Å². The van der Waals surface area contributed by atoms with Gasteiger partial charge in [-0.2, -0.15) is 0 Å². The molecule has 0 unspecified atom stereocenters. The molecule has 0 radical (unpaired) electrons. The van der Waals surface area contributed by atoms with Crippen LogP contribution in [0.5, 0.6) is 0 Å². The highest BCUT2D eigenvalue weighted by molar-refractivity contribution is 7.18. The van der Waals surface area contributed by atoms with E-state index in [0.29, 0.717) is 13.2 Å². The van der Waals surface area contributed by atoms with E-state index in [9.17, 15) is 0 Å². The Balaban J connectivity index is 1.50. The average Bonchev–Trinajstić information content (AvgIpc) is 2.95. The Hall–Kier alpha value is -1.82. The Kier molecular flexibility index (Phi) is 3.62. The fraction of sp³-hybridized carbons (Fsp3) is 0.294. The molecule has 1 saturated heterocycles. The quantitative estimate of drug-likeness (QED) is 0.787. The van der Waals surface area contributed by atoms with Crippen molar-refractivity contribution in [3.63, 3.8) is 0 Å². The van der Waals surface area contributed by atoms with Crippen molar-refractivity contribution in [1.82, 2.24) is 15.3 Å². The summed E-state index contributed by atoms with van der Waals surface area (Å²) in [5, 5.41) is 4.79. The van der Waals surface area contributed by atoms with Gasteiger partial charge in [0.15, 0.2) is 0 Å². The number of fused-ring (bicyclic) bond motifs is 1. The lowest BCUT2D eigenvalue weighted by atomic mass is 9.98. The minimum absolute atomic E-state index is 0.114. The van der Waals surface area contributed by atoms with Crippen molar-refractivity contribution in [1.29, 1.82) is 0 Å². The summed E-state index contributed by atoms with van der Waals surface area (Å²) in [6.45, 7) is 2.30. The number of nitrogens with zero attached hydrogens (tertiary/aromatic N) is 2. The summed E-state index contributed by atoms with van der Waals surface area (Å²) in [7, 11) is 0. The first kappa shape index (κ1) is 13.8. The van der Waals surface area contributed by atoms with E-state index in [2.05, 4.69) is 40.6 Å². The molecule has 4 nitrogen and oxygen atoms in total. The van der Waals surface area contributed by atoms with Gasteiger partial charge in [0.2, 0.25) is 0 Å². The topological polar surface area (TPSA) is 47.0 Å². The summed E-state index contributed by atoms with van der Waals surface area (Å²) < 4.78 is 6.72. The predicted octanol–water partition coefficient (Wildman–Crippen LogP) is 2.75. The van der Waals surface area contributed by atoms with Gasteiger partial charge < -0.3 is 10.1 Å². The standard InChI is InChI=1S/C17H17N3OS/c1-2-4-15-14(3-1)20-16(22-15)17(11-21-12-17)19-10-7-13-5-8-18-9-6-13/h1-6,8-9,19H,7,10-12H2. The van der Waals surface area contributed by atoms with E-state index in [1.165, 1.54) is 10.3 Å². The van der Waals surface area contributed by atoms with Gasteiger partial charge in [-0.25, -0.2) is 4.98 Å². The SMILES string of the molecule is c1ccc2sc(C3(NCCc4ccncc4)COC3)nc2c1. The number of hydrogen-bond acceptors (Lipinski definition) is 5. The molecule has 3 heterocycles. The van der Waals surface area contributed by atoms with Crippen LogP contribution in [0.2, 0.25) is 0 Å². The lowest BCUT2D eigenvalue weighted by Gasteiger charge is -2.40. The van der Waals surface area contributed by atoms with Gasteiger partial charge in [0.25, 0.3) is 0 Å². The van der Waals surface area contributed by atoms with Crippen LogP contribution in [0.3, 0.4) is 0 Å². The molecule has 1 aliphatic rings. The van der Waals surface area contributed by atoms with Gasteiger partial charge in [-0.1, -0.05) is 12.1 Å². The molecule has 5 heteroatoms. The first-order valence-electron chi connectivity index (χ1n) is 7.43. The van der Waals surface area contributed by atoms with E-state index in [1.807, 2.05) is 18.5 Å². The Morgan fingerprint density at radius 1 is 1.14 bits per heavy atom. The monoisotopic (exact) mass is 311 g/mol. The summed E-state index contributed by atoms with van der Waals surface area (Å²) in [6, 6.07) is 12.4. The molecule has 1 aliphatic heterocycles. The maximum Gasteiger partial charge on any atom is 0.119 e. The van der Waals surface area contributed by atoms with Gasteiger partial charge >= 0.3 is 0 Å². The Morgan fingerprint density at radius 3 is 2.68 bits per heavy atom. The summed E-state index contributed by atoms with van der Waals surface area (Å²) in [4.78, 5) is 8.85. The maximum atomic E-state index is 5.49. The molecule has 22 heavy (non-hydrogen) atoms. The third kappa shape index (κ3) is 2.52.